The van der Waals surface area contributed by atoms with Crippen molar-refractivity contribution in [3.8, 4) is 0 Å². The fourth-order valence-corrected chi connectivity index (χ4v) is 3.45. The second kappa shape index (κ2) is 6.77. The van der Waals surface area contributed by atoms with Crippen LogP contribution in [-0.2, 0) is 6.54 Å². The Balaban J connectivity index is 1.71. The number of rotatable bonds is 4. The molecule has 0 bridgehead atoms. The lowest BCUT2D eigenvalue weighted by molar-refractivity contribution is 0.567. The number of nitrogens with one attached hydrogen (secondary N) is 1. The highest BCUT2D eigenvalue weighted by molar-refractivity contribution is 7.16. The number of hydrogen-bond acceptors (Lipinski definition) is 6. The molecule has 1 fully saturated rings. The van der Waals surface area contributed by atoms with Gasteiger partial charge in [-0.1, -0.05) is 11.6 Å². The van der Waals surface area contributed by atoms with Crippen LogP contribution in [0.5, 0.6) is 0 Å². The largest absolute Gasteiger partial charge is 0.349 e. The summed E-state index contributed by atoms with van der Waals surface area (Å²) < 4.78 is 0.773. The molecule has 3 heterocycles. The number of thiophene rings is 1. The lowest BCUT2D eigenvalue weighted by Gasteiger charge is -2.26. The molecular formula is C13H15Cl2N5S. The highest BCUT2D eigenvalue weighted by Gasteiger charge is 2.15. The predicted octanol–water partition coefficient (Wildman–Crippen LogP) is 3.84. The third-order valence-corrected chi connectivity index (χ3v) is 4.68. The molecule has 5 nitrogen and oxygen atoms in total. The molecule has 2 aromatic heterocycles. The first-order valence-electron chi connectivity index (χ1n) is 6.85. The molecule has 0 amide bonds. The highest BCUT2D eigenvalue weighted by Crippen LogP contribution is 2.23. The fraction of sp³-hybridized carbons (Fsp3) is 0.462. The van der Waals surface area contributed by atoms with Gasteiger partial charge in [-0.15, -0.1) is 11.3 Å². The van der Waals surface area contributed by atoms with Crippen molar-refractivity contribution >= 4 is 46.4 Å². The van der Waals surface area contributed by atoms with Gasteiger partial charge in [0.25, 0.3) is 0 Å². The van der Waals surface area contributed by atoms with Crippen LogP contribution in [0.3, 0.4) is 0 Å². The van der Waals surface area contributed by atoms with Crippen molar-refractivity contribution in [2.24, 2.45) is 0 Å². The molecule has 21 heavy (non-hydrogen) atoms. The molecule has 3 rings (SSSR count). The second-order valence-corrected chi connectivity index (χ2v) is 6.97. The summed E-state index contributed by atoms with van der Waals surface area (Å²) in [7, 11) is 0. The maximum atomic E-state index is 6.01. The number of anilines is 2. The maximum absolute atomic E-state index is 6.01. The Labute approximate surface area is 137 Å². The quantitative estimate of drug-likeness (QED) is 0.913. The van der Waals surface area contributed by atoms with Crippen molar-refractivity contribution in [2.75, 3.05) is 23.3 Å². The Morgan fingerprint density at radius 2 is 1.90 bits per heavy atom. The summed E-state index contributed by atoms with van der Waals surface area (Å²) in [6.45, 7) is 2.57. The Morgan fingerprint density at radius 1 is 1.10 bits per heavy atom. The van der Waals surface area contributed by atoms with Crippen LogP contribution < -0.4 is 10.2 Å². The van der Waals surface area contributed by atoms with E-state index < -0.39 is 0 Å². The molecule has 0 spiro atoms. The molecule has 1 aliphatic heterocycles. The SMILES string of the molecule is Clc1nc(NCc2ccc(Cl)s2)nc(N2CCCCC2)n1. The second-order valence-electron chi connectivity index (χ2n) is 4.84. The minimum atomic E-state index is 0.220. The standard InChI is InChI=1S/C13H15Cl2N5S/c14-10-5-4-9(21-10)8-16-12-17-11(15)18-13(19-12)20-6-2-1-3-7-20/h4-5H,1-3,6-8H2,(H,16,17,18,19). The van der Waals surface area contributed by atoms with Crippen molar-refractivity contribution in [1.82, 2.24) is 15.0 Å². The van der Waals surface area contributed by atoms with Crippen molar-refractivity contribution in [2.45, 2.75) is 25.8 Å². The van der Waals surface area contributed by atoms with Gasteiger partial charge in [0.1, 0.15) is 0 Å². The van der Waals surface area contributed by atoms with E-state index in [1.54, 1.807) is 0 Å². The van der Waals surface area contributed by atoms with Gasteiger partial charge in [0.15, 0.2) is 0 Å². The molecule has 0 aromatic carbocycles. The first-order valence-corrected chi connectivity index (χ1v) is 8.42. The summed E-state index contributed by atoms with van der Waals surface area (Å²) in [5.74, 6) is 1.15. The number of nitrogens with zero attached hydrogens (tertiary/aromatic N) is 4. The molecule has 0 aliphatic carbocycles. The third kappa shape index (κ3) is 3.96. The predicted molar refractivity (Wildman–Crippen MR) is 87.6 cm³/mol. The van der Waals surface area contributed by atoms with Crippen LogP contribution in [0.25, 0.3) is 0 Å². The zero-order valence-electron chi connectivity index (χ0n) is 11.4. The first kappa shape index (κ1) is 14.8. The highest BCUT2D eigenvalue weighted by atomic mass is 35.5. The van der Waals surface area contributed by atoms with Crippen LogP contribution in [-0.4, -0.2) is 28.0 Å². The van der Waals surface area contributed by atoms with Crippen LogP contribution in [0.1, 0.15) is 24.1 Å². The van der Waals surface area contributed by atoms with Gasteiger partial charge in [-0.05, 0) is 43.0 Å². The van der Waals surface area contributed by atoms with Gasteiger partial charge in [-0.3, -0.25) is 0 Å². The van der Waals surface area contributed by atoms with Gasteiger partial charge in [-0.2, -0.15) is 15.0 Å². The molecule has 0 atom stereocenters. The van der Waals surface area contributed by atoms with Crippen molar-refractivity contribution in [3.63, 3.8) is 0 Å². The van der Waals surface area contributed by atoms with Crippen molar-refractivity contribution < 1.29 is 0 Å². The summed E-state index contributed by atoms with van der Waals surface area (Å²) in [5.41, 5.74) is 0. The van der Waals surface area contributed by atoms with Gasteiger partial charge >= 0.3 is 0 Å². The molecule has 0 unspecified atom stereocenters. The monoisotopic (exact) mass is 343 g/mol. The Hall–Kier alpha value is -1.11. The Morgan fingerprint density at radius 3 is 2.62 bits per heavy atom. The number of hydrogen-bond donors (Lipinski definition) is 1. The Bertz CT molecular complexity index is 612. The summed E-state index contributed by atoms with van der Waals surface area (Å²) in [4.78, 5) is 16.1. The molecule has 112 valence electrons. The van der Waals surface area contributed by atoms with E-state index in [2.05, 4.69) is 25.2 Å². The molecule has 2 aromatic rings. The van der Waals surface area contributed by atoms with E-state index in [0.717, 1.165) is 22.3 Å². The van der Waals surface area contributed by atoms with Gasteiger partial charge < -0.3 is 10.2 Å². The molecule has 1 saturated heterocycles. The molecule has 1 N–H and O–H groups in total. The van der Waals surface area contributed by atoms with Gasteiger partial charge in [0, 0.05) is 18.0 Å². The average molecular weight is 344 g/mol. The van der Waals surface area contributed by atoms with Crippen LogP contribution in [0.15, 0.2) is 12.1 Å². The van der Waals surface area contributed by atoms with Crippen molar-refractivity contribution in [3.05, 3.63) is 26.6 Å². The maximum Gasteiger partial charge on any atom is 0.231 e. The fourth-order valence-electron chi connectivity index (χ4n) is 2.27. The van der Waals surface area contributed by atoms with Crippen LogP contribution in [0, 0.1) is 0 Å². The van der Waals surface area contributed by atoms with Crippen LogP contribution in [0.4, 0.5) is 11.9 Å². The average Bonchev–Trinajstić information content (AvgIpc) is 2.91. The molecular weight excluding hydrogens is 329 g/mol. The molecule has 8 heteroatoms. The van der Waals surface area contributed by atoms with Gasteiger partial charge in [0.05, 0.1) is 10.9 Å². The number of piperidine rings is 1. The minimum Gasteiger partial charge on any atom is -0.349 e. The van der Waals surface area contributed by atoms with E-state index in [-0.39, 0.29) is 5.28 Å². The smallest absolute Gasteiger partial charge is 0.231 e. The minimum absolute atomic E-state index is 0.220. The summed E-state index contributed by atoms with van der Waals surface area (Å²) in [6.07, 6.45) is 3.60. The van der Waals surface area contributed by atoms with Crippen LogP contribution in [0.2, 0.25) is 9.62 Å². The van der Waals surface area contributed by atoms with E-state index in [1.165, 1.54) is 30.6 Å². The topological polar surface area (TPSA) is 53.9 Å². The summed E-state index contributed by atoms with van der Waals surface area (Å²) in [5, 5.41) is 3.39. The van der Waals surface area contributed by atoms with Crippen molar-refractivity contribution in [1.29, 1.82) is 0 Å². The van der Waals surface area contributed by atoms with E-state index >= 15 is 0 Å². The van der Waals surface area contributed by atoms with E-state index in [4.69, 9.17) is 23.2 Å². The zero-order valence-corrected chi connectivity index (χ0v) is 13.7. The lowest BCUT2D eigenvalue weighted by Crippen LogP contribution is -2.31. The summed E-state index contributed by atoms with van der Waals surface area (Å²) >= 11 is 13.5. The first-order chi connectivity index (χ1) is 10.2. The van der Waals surface area contributed by atoms with E-state index in [9.17, 15) is 0 Å². The number of aromatic nitrogens is 3. The number of halogens is 2. The third-order valence-electron chi connectivity index (χ3n) is 3.28. The van der Waals surface area contributed by atoms with Crippen LogP contribution >= 0.6 is 34.5 Å². The normalized spacial score (nSPS) is 15.2. The zero-order chi connectivity index (χ0) is 14.7. The van der Waals surface area contributed by atoms with E-state index in [0.29, 0.717) is 18.4 Å². The molecule has 1 aliphatic rings. The summed E-state index contributed by atoms with van der Waals surface area (Å²) in [6, 6.07) is 3.86. The Kier molecular flexibility index (Phi) is 4.77. The lowest BCUT2D eigenvalue weighted by atomic mass is 10.1. The van der Waals surface area contributed by atoms with Gasteiger partial charge in [-0.25, -0.2) is 0 Å². The molecule has 0 radical (unpaired) electrons. The van der Waals surface area contributed by atoms with Gasteiger partial charge in [0.2, 0.25) is 17.2 Å². The van der Waals surface area contributed by atoms with E-state index in [1.807, 2.05) is 12.1 Å². The molecule has 0 saturated carbocycles.